The fourth-order valence-corrected chi connectivity index (χ4v) is 7.33. The maximum Gasteiger partial charge on any atom is 0.354 e. The van der Waals surface area contributed by atoms with Gasteiger partial charge in [0.15, 0.2) is 6.10 Å². The molecule has 1 fully saturated rings. The van der Waals surface area contributed by atoms with Crippen LogP contribution in [0.4, 0.5) is 5.69 Å². The molecule has 4 aromatic rings. The Morgan fingerprint density at radius 1 is 1.04 bits per heavy atom. The van der Waals surface area contributed by atoms with Crippen molar-refractivity contribution < 1.29 is 38.2 Å². The van der Waals surface area contributed by atoms with Gasteiger partial charge in [-0.25, -0.2) is 4.79 Å². The molecule has 0 spiro atoms. The summed E-state index contributed by atoms with van der Waals surface area (Å²) < 4.78 is 16.7. The van der Waals surface area contributed by atoms with E-state index in [9.17, 15) is 24.0 Å². The van der Waals surface area contributed by atoms with Crippen LogP contribution < -0.4 is 10.1 Å². The quantitative estimate of drug-likeness (QED) is 0.182. The molecule has 1 aromatic heterocycles. The molecule has 258 valence electrons. The molecular weight excluding hydrogens is 664 g/mol. The second-order valence-electron chi connectivity index (χ2n) is 12.7. The molecule has 3 aromatic carbocycles. The highest BCUT2D eigenvalue weighted by molar-refractivity contribution is 6.31. The van der Waals surface area contributed by atoms with Crippen LogP contribution in [0.15, 0.2) is 54.6 Å². The van der Waals surface area contributed by atoms with Crippen LogP contribution in [0.5, 0.6) is 5.75 Å². The Labute approximate surface area is 292 Å². The first-order valence-electron chi connectivity index (χ1n) is 16.5. The van der Waals surface area contributed by atoms with E-state index < -0.39 is 23.9 Å². The summed E-state index contributed by atoms with van der Waals surface area (Å²) in [5, 5.41) is 4.37. The molecule has 50 heavy (non-hydrogen) atoms. The number of hydrogen-bond acceptors (Lipinski definition) is 8. The van der Waals surface area contributed by atoms with E-state index >= 15 is 0 Å². The minimum absolute atomic E-state index is 0.0337. The molecule has 1 saturated heterocycles. The molecule has 2 atom stereocenters. The summed E-state index contributed by atoms with van der Waals surface area (Å²) >= 11 is 6.34. The molecule has 1 aliphatic carbocycles. The monoisotopic (exact) mass is 698 g/mol. The van der Waals surface area contributed by atoms with Crippen molar-refractivity contribution in [2.24, 2.45) is 0 Å². The maximum atomic E-state index is 13.7. The molecule has 12 nitrogen and oxygen atoms in total. The van der Waals surface area contributed by atoms with E-state index in [4.69, 9.17) is 25.8 Å². The van der Waals surface area contributed by atoms with Crippen LogP contribution in [-0.4, -0.2) is 83.9 Å². The van der Waals surface area contributed by atoms with Gasteiger partial charge >= 0.3 is 5.97 Å². The smallest absolute Gasteiger partial charge is 0.354 e. The van der Waals surface area contributed by atoms with Gasteiger partial charge in [-0.3, -0.25) is 24.1 Å². The Morgan fingerprint density at radius 2 is 1.76 bits per heavy atom. The van der Waals surface area contributed by atoms with Crippen LogP contribution in [0, 0.1) is 0 Å². The number of esters is 1. The number of nitrogens with one attached hydrogen (secondary N) is 2. The Kier molecular flexibility index (Phi) is 9.06. The van der Waals surface area contributed by atoms with Crippen molar-refractivity contribution in [3.63, 3.8) is 0 Å². The van der Waals surface area contributed by atoms with Gasteiger partial charge in [0.2, 0.25) is 5.91 Å². The highest BCUT2D eigenvalue weighted by Gasteiger charge is 2.36. The number of aromatic amines is 1. The number of amides is 4. The molecule has 0 radical (unpaired) electrons. The summed E-state index contributed by atoms with van der Waals surface area (Å²) in [5.74, 6) is -1.98. The van der Waals surface area contributed by atoms with E-state index in [1.807, 2.05) is 6.07 Å². The third-order valence-electron chi connectivity index (χ3n) is 9.49. The number of aryl methyl sites for hydroxylation is 1. The summed E-state index contributed by atoms with van der Waals surface area (Å²) in [5.41, 5.74) is 4.27. The number of rotatable bonds is 9. The highest BCUT2D eigenvalue weighted by atomic mass is 35.5. The second kappa shape index (κ2) is 13.6. The zero-order valence-corrected chi connectivity index (χ0v) is 28.3. The largest absolute Gasteiger partial charge is 0.479 e. The van der Waals surface area contributed by atoms with Crippen molar-refractivity contribution in [3.05, 3.63) is 93.1 Å². The van der Waals surface area contributed by atoms with Crippen molar-refractivity contribution in [3.8, 4) is 5.75 Å². The molecule has 3 heterocycles. The van der Waals surface area contributed by atoms with Crippen LogP contribution in [0.25, 0.3) is 10.9 Å². The van der Waals surface area contributed by atoms with Crippen molar-refractivity contribution >= 4 is 57.8 Å². The third-order valence-corrected chi connectivity index (χ3v) is 9.71. The van der Waals surface area contributed by atoms with Gasteiger partial charge in [0.1, 0.15) is 11.4 Å². The molecule has 0 saturated carbocycles. The Morgan fingerprint density at radius 3 is 2.46 bits per heavy atom. The second-order valence-corrected chi connectivity index (χ2v) is 13.1. The summed E-state index contributed by atoms with van der Waals surface area (Å²) in [7, 11) is 1.31. The van der Waals surface area contributed by atoms with E-state index in [1.54, 1.807) is 60.4 Å². The predicted octanol–water partition coefficient (Wildman–Crippen LogP) is 5.09. The Balaban J connectivity index is 1.15. The number of morpholine rings is 1. The first-order valence-corrected chi connectivity index (χ1v) is 16.8. The molecule has 2 aliphatic heterocycles. The summed E-state index contributed by atoms with van der Waals surface area (Å²) in [6, 6.07) is 15.3. The van der Waals surface area contributed by atoms with Gasteiger partial charge in [-0.15, -0.1) is 0 Å². The van der Waals surface area contributed by atoms with Gasteiger partial charge < -0.3 is 29.4 Å². The number of carbonyl (C=O) groups excluding carboxylic acids is 5. The lowest BCUT2D eigenvalue weighted by Crippen LogP contribution is -2.46. The first kappa shape index (κ1) is 33.3. The number of carbonyl (C=O) groups is 5. The summed E-state index contributed by atoms with van der Waals surface area (Å²) in [6.07, 6.45) is 0.418. The average molecular weight is 699 g/mol. The van der Waals surface area contributed by atoms with Crippen LogP contribution in [-0.2, 0) is 32.0 Å². The number of H-pyrrole nitrogens is 1. The molecule has 7 rings (SSSR count). The molecule has 0 unspecified atom stereocenters. The van der Waals surface area contributed by atoms with Gasteiger partial charge in [-0.1, -0.05) is 29.8 Å². The van der Waals surface area contributed by atoms with Gasteiger partial charge in [-0.2, -0.15) is 0 Å². The van der Waals surface area contributed by atoms with E-state index in [-0.39, 0.29) is 36.4 Å². The van der Waals surface area contributed by atoms with Gasteiger partial charge in [0.05, 0.1) is 43.7 Å². The Hall–Kier alpha value is -5.20. The molecular formula is C37H35ClN4O8. The minimum atomic E-state index is -0.907. The summed E-state index contributed by atoms with van der Waals surface area (Å²) in [6.45, 7) is 3.34. The third kappa shape index (κ3) is 6.20. The predicted molar refractivity (Wildman–Crippen MR) is 184 cm³/mol. The zero-order valence-electron chi connectivity index (χ0n) is 27.5. The minimum Gasteiger partial charge on any atom is -0.479 e. The van der Waals surface area contributed by atoms with E-state index in [0.29, 0.717) is 77.8 Å². The lowest BCUT2D eigenvalue weighted by Gasteiger charge is -2.29. The number of nitrogens with zero attached hydrogens (tertiary/aromatic N) is 2. The first-order chi connectivity index (χ1) is 24.1. The fraction of sp³-hybridized carbons (Fsp3) is 0.324. The molecule has 2 N–H and O–H groups in total. The van der Waals surface area contributed by atoms with Crippen molar-refractivity contribution in [1.29, 1.82) is 0 Å². The number of anilines is 1. The normalized spacial score (nSPS) is 17.5. The number of hydrogen-bond donors (Lipinski definition) is 2. The van der Waals surface area contributed by atoms with E-state index in [2.05, 4.69) is 10.3 Å². The standard InChI is InChI=1S/C37H35ClN4O8/c1-20(34(44)41-11-13-49-14-12-41)50-29-15-21(19-42-35(45)25-5-3-4-6-26(25)36(42)46)7-10-27(29)39-30(43)17-23-9-8-22-16-24(38)18-28-31(22)32(23)33(40-28)37(47)48-2/h3-7,10,15-16,18,20,23,40H,8-9,11-14,17,19H2,1-2H3,(H,39,43)/t20-,23+/m1/s1. The zero-order chi connectivity index (χ0) is 35.1. The average Bonchev–Trinajstić information content (AvgIpc) is 3.62. The maximum absolute atomic E-state index is 13.7. The lowest BCUT2D eigenvalue weighted by molar-refractivity contribution is -0.142. The molecule has 4 amide bonds. The van der Waals surface area contributed by atoms with E-state index in [1.165, 1.54) is 7.11 Å². The van der Waals surface area contributed by atoms with Gasteiger partial charge in [-0.05, 0) is 78.8 Å². The number of ether oxygens (including phenoxy) is 3. The number of aromatic nitrogens is 1. The van der Waals surface area contributed by atoms with Crippen LogP contribution in [0.1, 0.15) is 73.6 Å². The lowest BCUT2D eigenvalue weighted by atomic mass is 9.81. The molecule has 13 heteroatoms. The summed E-state index contributed by atoms with van der Waals surface area (Å²) in [4.78, 5) is 72.0. The number of halogens is 1. The van der Waals surface area contributed by atoms with Crippen molar-refractivity contribution in [1.82, 2.24) is 14.8 Å². The number of fused-ring (bicyclic) bond motifs is 1. The van der Waals surface area contributed by atoms with Crippen LogP contribution >= 0.6 is 11.6 Å². The molecule has 0 bridgehead atoms. The van der Waals surface area contributed by atoms with Crippen molar-refractivity contribution in [2.45, 2.75) is 44.8 Å². The van der Waals surface area contributed by atoms with Gasteiger partial charge in [0, 0.05) is 35.4 Å². The van der Waals surface area contributed by atoms with E-state index in [0.717, 1.165) is 21.4 Å². The number of methoxy groups -OCH3 is 1. The number of imide groups is 1. The van der Waals surface area contributed by atoms with Crippen LogP contribution in [0.2, 0.25) is 5.02 Å². The SMILES string of the molecule is COC(=O)c1[nH]c2cc(Cl)cc3c2c1[C@H](CC(=O)Nc1ccc(CN2C(=O)c4ccccc4C2=O)cc1O[C@H](C)C(=O)N1CCOCC1)CC3. The number of benzene rings is 3. The fourth-order valence-electron chi connectivity index (χ4n) is 7.09. The van der Waals surface area contributed by atoms with Crippen LogP contribution in [0.3, 0.4) is 0 Å². The highest BCUT2D eigenvalue weighted by Crippen LogP contribution is 2.42. The topological polar surface area (TPSA) is 147 Å². The Bertz CT molecular complexity index is 2020. The molecule has 3 aliphatic rings. The van der Waals surface area contributed by atoms with Crippen molar-refractivity contribution in [2.75, 3.05) is 38.7 Å². The van der Waals surface area contributed by atoms with Gasteiger partial charge in [0.25, 0.3) is 17.7 Å².